The fraction of sp³-hybridized carbons (Fsp3) is 0.667. The number of aromatic nitrogens is 3. The number of nitrogens with zero attached hydrogens (tertiary/aromatic N) is 3. The van der Waals surface area contributed by atoms with Crippen LogP contribution in [0.2, 0.25) is 0 Å². The number of rotatable bonds is 6. The van der Waals surface area contributed by atoms with Crippen molar-refractivity contribution >= 4 is 5.95 Å². The van der Waals surface area contributed by atoms with Gasteiger partial charge in [-0.1, -0.05) is 0 Å². The third kappa shape index (κ3) is 3.77. The quantitative estimate of drug-likeness (QED) is 0.556. The van der Waals surface area contributed by atoms with Crippen molar-refractivity contribution in [2.45, 2.75) is 25.2 Å². The molecule has 8 nitrogen and oxygen atoms in total. The van der Waals surface area contributed by atoms with Gasteiger partial charge in [0.05, 0.1) is 6.10 Å². The van der Waals surface area contributed by atoms with E-state index in [-0.39, 0.29) is 25.4 Å². The first-order valence-corrected chi connectivity index (χ1v) is 5.10. The van der Waals surface area contributed by atoms with E-state index >= 15 is 0 Å². The number of nitrogens with two attached hydrogens (primary N) is 1. The van der Waals surface area contributed by atoms with Crippen molar-refractivity contribution in [3.63, 3.8) is 0 Å². The maximum atomic E-state index is 11.5. The third-order valence-electron chi connectivity index (χ3n) is 2.26. The molecule has 1 aromatic rings. The van der Waals surface area contributed by atoms with Crippen molar-refractivity contribution < 1.29 is 14.9 Å². The lowest BCUT2D eigenvalue weighted by molar-refractivity contribution is -0.00985. The zero-order chi connectivity index (χ0) is 12.8. The lowest BCUT2D eigenvalue weighted by atomic mass is 10.2. The molecule has 4 N–H and O–H groups in total. The van der Waals surface area contributed by atoms with Gasteiger partial charge in [0.1, 0.15) is 12.6 Å². The van der Waals surface area contributed by atoms with Crippen molar-refractivity contribution in [3.8, 4) is 0 Å². The highest BCUT2D eigenvalue weighted by Crippen LogP contribution is 2.13. The highest BCUT2D eigenvalue weighted by molar-refractivity contribution is 5.09. The molecule has 1 rings (SSSR count). The smallest absolute Gasteiger partial charge is 0.354 e. The van der Waals surface area contributed by atoms with E-state index in [9.17, 15) is 9.90 Å². The number of ether oxygens (including phenoxy) is 1. The minimum absolute atomic E-state index is 0.114. The molecule has 0 spiro atoms. The predicted molar refractivity (Wildman–Crippen MR) is 59.1 cm³/mol. The van der Waals surface area contributed by atoms with Gasteiger partial charge in [0.2, 0.25) is 5.95 Å². The van der Waals surface area contributed by atoms with Crippen LogP contribution in [0.1, 0.15) is 19.1 Å². The Kier molecular flexibility index (Phi) is 5.01. The van der Waals surface area contributed by atoms with Crippen molar-refractivity contribution in [2.24, 2.45) is 0 Å². The van der Waals surface area contributed by atoms with Gasteiger partial charge in [-0.2, -0.15) is 4.98 Å². The fourth-order valence-corrected chi connectivity index (χ4v) is 1.38. The summed E-state index contributed by atoms with van der Waals surface area (Å²) in [6.45, 7) is -0.134. The third-order valence-corrected chi connectivity index (χ3v) is 2.26. The summed E-state index contributed by atoms with van der Waals surface area (Å²) in [4.78, 5) is 18.6. The molecule has 1 aromatic heterocycles. The molecule has 0 saturated heterocycles. The van der Waals surface area contributed by atoms with E-state index in [1.807, 2.05) is 0 Å². The SMILES string of the molecule is CO[C@H](C[C@@H](O)CCO)n1cnc(N)nc1=O. The van der Waals surface area contributed by atoms with Crippen LogP contribution in [0.15, 0.2) is 11.1 Å². The van der Waals surface area contributed by atoms with E-state index in [1.54, 1.807) is 0 Å². The number of nitrogen functional groups attached to an aromatic ring is 1. The zero-order valence-electron chi connectivity index (χ0n) is 9.48. The Morgan fingerprint density at radius 1 is 1.65 bits per heavy atom. The summed E-state index contributed by atoms with van der Waals surface area (Å²) in [5.41, 5.74) is 4.66. The summed E-state index contributed by atoms with van der Waals surface area (Å²) in [5.74, 6) is -0.114. The number of aliphatic hydroxyl groups excluding tert-OH is 2. The molecule has 0 radical (unpaired) electrons. The number of hydrogen-bond acceptors (Lipinski definition) is 7. The number of anilines is 1. The Balaban J connectivity index is 2.83. The van der Waals surface area contributed by atoms with Gasteiger partial charge in [0, 0.05) is 20.1 Å². The number of aliphatic hydroxyl groups is 2. The molecule has 0 bridgehead atoms. The molecule has 2 atom stereocenters. The molecule has 17 heavy (non-hydrogen) atoms. The van der Waals surface area contributed by atoms with Crippen molar-refractivity contribution in [1.82, 2.24) is 14.5 Å². The second kappa shape index (κ2) is 6.28. The first-order valence-electron chi connectivity index (χ1n) is 5.10. The Hall–Kier alpha value is -1.51. The highest BCUT2D eigenvalue weighted by atomic mass is 16.5. The average Bonchev–Trinajstić information content (AvgIpc) is 2.27. The van der Waals surface area contributed by atoms with Crippen LogP contribution in [0.3, 0.4) is 0 Å². The second-order valence-corrected chi connectivity index (χ2v) is 3.50. The maximum absolute atomic E-state index is 11.5. The molecule has 0 aromatic carbocycles. The lowest BCUT2D eigenvalue weighted by Crippen LogP contribution is -2.31. The molecular weight excluding hydrogens is 228 g/mol. The van der Waals surface area contributed by atoms with E-state index in [0.717, 1.165) is 4.57 Å². The van der Waals surface area contributed by atoms with Gasteiger partial charge in [-0.05, 0) is 6.42 Å². The molecule has 0 aliphatic heterocycles. The number of hydrogen-bond donors (Lipinski definition) is 3. The van der Waals surface area contributed by atoms with Crippen molar-refractivity contribution in [2.75, 3.05) is 19.5 Å². The van der Waals surface area contributed by atoms with E-state index in [2.05, 4.69) is 9.97 Å². The lowest BCUT2D eigenvalue weighted by Gasteiger charge is -2.19. The van der Waals surface area contributed by atoms with Crippen LogP contribution in [0, 0.1) is 0 Å². The molecule has 1 heterocycles. The standard InChI is InChI=1S/C9H16N4O4/c1-17-7(4-6(15)2-3-14)13-5-11-8(10)12-9(13)16/h5-7,14-15H,2-4H2,1H3,(H2,10,12,16)/t6-,7+/m0/s1. The molecule has 0 saturated carbocycles. The summed E-state index contributed by atoms with van der Waals surface area (Å²) < 4.78 is 6.21. The Morgan fingerprint density at radius 3 is 2.88 bits per heavy atom. The summed E-state index contributed by atoms with van der Waals surface area (Å²) in [7, 11) is 1.40. The normalized spacial score (nSPS) is 14.5. The van der Waals surface area contributed by atoms with Crippen LogP contribution in [-0.2, 0) is 4.74 Å². The minimum Gasteiger partial charge on any atom is -0.396 e. The summed E-state index contributed by atoms with van der Waals surface area (Å²) >= 11 is 0. The van der Waals surface area contributed by atoms with E-state index in [1.165, 1.54) is 13.4 Å². The highest BCUT2D eigenvalue weighted by Gasteiger charge is 2.17. The van der Waals surface area contributed by atoms with Crippen LogP contribution >= 0.6 is 0 Å². The molecule has 96 valence electrons. The van der Waals surface area contributed by atoms with Crippen LogP contribution < -0.4 is 11.4 Å². The van der Waals surface area contributed by atoms with E-state index < -0.39 is 18.0 Å². The van der Waals surface area contributed by atoms with Gasteiger partial charge in [0.25, 0.3) is 0 Å². The van der Waals surface area contributed by atoms with Crippen LogP contribution in [0.4, 0.5) is 5.95 Å². The zero-order valence-corrected chi connectivity index (χ0v) is 9.48. The molecule has 0 fully saturated rings. The number of methoxy groups -OCH3 is 1. The average molecular weight is 244 g/mol. The molecular formula is C9H16N4O4. The van der Waals surface area contributed by atoms with Crippen molar-refractivity contribution in [1.29, 1.82) is 0 Å². The maximum Gasteiger partial charge on any atom is 0.354 e. The van der Waals surface area contributed by atoms with Gasteiger partial charge in [-0.25, -0.2) is 9.78 Å². The monoisotopic (exact) mass is 244 g/mol. The van der Waals surface area contributed by atoms with E-state index in [4.69, 9.17) is 15.6 Å². The van der Waals surface area contributed by atoms with Gasteiger partial charge in [0.15, 0.2) is 0 Å². The first-order chi connectivity index (χ1) is 8.08. The van der Waals surface area contributed by atoms with Gasteiger partial charge in [-0.15, -0.1) is 0 Å². The Bertz CT molecular complexity index is 408. The molecule has 0 aliphatic carbocycles. The molecule has 0 amide bonds. The topological polar surface area (TPSA) is 123 Å². The predicted octanol–water partition coefficient (Wildman–Crippen LogP) is -1.50. The summed E-state index contributed by atoms with van der Waals surface area (Å²) in [5, 5.41) is 18.2. The Labute approximate surface area is 97.7 Å². The first kappa shape index (κ1) is 13.6. The minimum atomic E-state index is -0.769. The van der Waals surface area contributed by atoms with Gasteiger partial charge < -0.3 is 20.7 Å². The van der Waals surface area contributed by atoms with E-state index in [0.29, 0.717) is 0 Å². The van der Waals surface area contributed by atoms with Gasteiger partial charge >= 0.3 is 5.69 Å². The van der Waals surface area contributed by atoms with Gasteiger partial charge in [-0.3, -0.25) is 4.57 Å². The second-order valence-electron chi connectivity index (χ2n) is 3.50. The molecule has 0 unspecified atom stereocenters. The summed E-state index contributed by atoms with van der Waals surface area (Å²) in [6, 6.07) is 0. The summed E-state index contributed by atoms with van der Waals surface area (Å²) in [6.07, 6.45) is 0.123. The largest absolute Gasteiger partial charge is 0.396 e. The fourth-order valence-electron chi connectivity index (χ4n) is 1.38. The van der Waals surface area contributed by atoms with Crippen LogP contribution in [-0.4, -0.2) is 44.6 Å². The van der Waals surface area contributed by atoms with Crippen LogP contribution in [0.25, 0.3) is 0 Å². The Morgan fingerprint density at radius 2 is 2.35 bits per heavy atom. The molecule has 0 aliphatic rings. The van der Waals surface area contributed by atoms with Crippen LogP contribution in [0.5, 0.6) is 0 Å². The molecule has 8 heteroatoms. The van der Waals surface area contributed by atoms with Crippen molar-refractivity contribution in [3.05, 3.63) is 16.8 Å².